The molecule has 4 heteroatoms. The summed E-state index contributed by atoms with van der Waals surface area (Å²) in [5.41, 5.74) is 1.12. The summed E-state index contributed by atoms with van der Waals surface area (Å²) in [6.07, 6.45) is 3.13. The van der Waals surface area contributed by atoms with Gasteiger partial charge in [-0.2, -0.15) is 0 Å². The van der Waals surface area contributed by atoms with Gasteiger partial charge < -0.3 is 9.64 Å². The monoisotopic (exact) mass is 290 g/mol. The second-order valence-electron chi connectivity index (χ2n) is 5.44. The Balaban J connectivity index is 2.18. The summed E-state index contributed by atoms with van der Waals surface area (Å²) in [6, 6.07) is 8.36. The lowest BCUT2D eigenvalue weighted by atomic mass is 10.0. The van der Waals surface area contributed by atoms with Crippen LogP contribution in [0.15, 0.2) is 24.3 Å². The number of carbonyl (C=O) groups is 1. The van der Waals surface area contributed by atoms with E-state index in [0.29, 0.717) is 19.2 Å². The van der Waals surface area contributed by atoms with Gasteiger partial charge in [0.25, 0.3) is 0 Å². The predicted octanol–water partition coefficient (Wildman–Crippen LogP) is 3.09. The molecule has 2 unspecified atom stereocenters. The molecule has 4 nitrogen and oxygen atoms in total. The minimum absolute atomic E-state index is 0.00956. The van der Waals surface area contributed by atoms with Gasteiger partial charge in [-0.15, -0.1) is 0 Å². The van der Waals surface area contributed by atoms with Crippen LogP contribution in [0.4, 0.5) is 0 Å². The highest BCUT2D eigenvalue weighted by Gasteiger charge is 2.35. The first-order valence-corrected chi connectivity index (χ1v) is 7.98. The maximum absolute atomic E-state index is 12.2. The zero-order chi connectivity index (χ0) is 15.2. The highest BCUT2D eigenvalue weighted by molar-refractivity contribution is 5.81. The standard InChI is InChI=1S/C17H26N2O2/c1-4-7-14(5-2)19-16(20)12-18-17(19)13-8-10-15(11-9-13)21-6-3/h8-11,14,17-18H,4-7,12H2,1-3H3. The highest BCUT2D eigenvalue weighted by atomic mass is 16.5. The van der Waals surface area contributed by atoms with Crippen LogP contribution in [0, 0.1) is 0 Å². The zero-order valence-corrected chi connectivity index (χ0v) is 13.3. The fourth-order valence-electron chi connectivity index (χ4n) is 3.00. The topological polar surface area (TPSA) is 41.6 Å². The lowest BCUT2D eigenvalue weighted by Gasteiger charge is -2.32. The van der Waals surface area contributed by atoms with Crippen molar-refractivity contribution in [2.45, 2.75) is 52.2 Å². The summed E-state index contributed by atoms with van der Waals surface area (Å²) in [7, 11) is 0. The molecule has 1 N–H and O–H groups in total. The maximum atomic E-state index is 12.2. The van der Waals surface area contributed by atoms with Gasteiger partial charge >= 0.3 is 0 Å². The molecule has 0 aromatic heterocycles. The van der Waals surface area contributed by atoms with E-state index in [1.807, 2.05) is 36.1 Å². The van der Waals surface area contributed by atoms with E-state index in [-0.39, 0.29) is 12.1 Å². The Bertz CT molecular complexity index is 458. The van der Waals surface area contributed by atoms with Crippen LogP contribution >= 0.6 is 0 Å². The van der Waals surface area contributed by atoms with E-state index in [4.69, 9.17) is 4.74 Å². The molecule has 1 amide bonds. The Hall–Kier alpha value is -1.55. The van der Waals surface area contributed by atoms with E-state index < -0.39 is 0 Å². The van der Waals surface area contributed by atoms with E-state index in [9.17, 15) is 4.79 Å². The molecule has 116 valence electrons. The molecule has 1 aromatic carbocycles. The van der Waals surface area contributed by atoms with Crippen molar-refractivity contribution >= 4 is 5.91 Å². The molecule has 1 aromatic rings. The SMILES string of the molecule is CCCC(CC)N1C(=O)CNC1c1ccc(OCC)cc1. The van der Waals surface area contributed by atoms with Crippen LogP contribution in [0.5, 0.6) is 5.75 Å². The Morgan fingerprint density at radius 3 is 2.57 bits per heavy atom. The molecular formula is C17H26N2O2. The molecule has 1 aliphatic rings. The Morgan fingerprint density at radius 1 is 1.29 bits per heavy atom. The first kappa shape index (κ1) is 15.8. The molecule has 0 aliphatic carbocycles. The van der Waals surface area contributed by atoms with E-state index in [1.165, 1.54) is 0 Å². The first-order valence-electron chi connectivity index (χ1n) is 7.98. The van der Waals surface area contributed by atoms with Crippen molar-refractivity contribution in [3.8, 4) is 5.75 Å². The summed E-state index contributed by atoms with van der Waals surface area (Å²) >= 11 is 0. The third kappa shape index (κ3) is 3.56. The van der Waals surface area contributed by atoms with Gasteiger partial charge in [-0.25, -0.2) is 0 Å². The van der Waals surface area contributed by atoms with Crippen molar-refractivity contribution in [2.75, 3.05) is 13.2 Å². The number of benzene rings is 1. The molecule has 2 rings (SSSR count). The van der Waals surface area contributed by atoms with Crippen LogP contribution in [-0.2, 0) is 4.79 Å². The van der Waals surface area contributed by atoms with Crippen LogP contribution < -0.4 is 10.1 Å². The molecule has 0 bridgehead atoms. The van der Waals surface area contributed by atoms with Crippen molar-refractivity contribution in [2.24, 2.45) is 0 Å². The van der Waals surface area contributed by atoms with Crippen molar-refractivity contribution < 1.29 is 9.53 Å². The van der Waals surface area contributed by atoms with E-state index >= 15 is 0 Å². The molecule has 0 saturated carbocycles. The molecule has 2 atom stereocenters. The minimum Gasteiger partial charge on any atom is -0.494 e. The normalized spacial score (nSPS) is 19.9. The number of nitrogens with one attached hydrogen (secondary N) is 1. The van der Waals surface area contributed by atoms with Crippen molar-refractivity contribution in [3.05, 3.63) is 29.8 Å². The molecule has 1 aliphatic heterocycles. The molecular weight excluding hydrogens is 264 g/mol. The van der Waals surface area contributed by atoms with Gasteiger partial charge in [0, 0.05) is 6.04 Å². The third-order valence-electron chi connectivity index (χ3n) is 4.01. The maximum Gasteiger partial charge on any atom is 0.238 e. The van der Waals surface area contributed by atoms with Crippen LogP contribution in [0.1, 0.15) is 51.8 Å². The van der Waals surface area contributed by atoms with Crippen LogP contribution in [0.2, 0.25) is 0 Å². The molecule has 1 saturated heterocycles. The summed E-state index contributed by atoms with van der Waals surface area (Å²) in [6.45, 7) is 7.39. The second kappa shape index (κ2) is 7.46. The van der Waals surface area contributed by atoms with Crippen molar-refractivity contribution in [1.82, 2.24) is 10.2 Å². The smallest absolute Gasteiger partial charge is 0.238 e. The van der Waals surface area contributed by atoms with Crippen LogP contribution in [0.3, 0.4) is 0 Å². The van der Waals surface area contributed by atoms with Crippen molar-refractivity contribution in [3.63, 3.8) is 0 Å². The van der Waals surface area contributed by atoms with Crippen molar-refractivity contribution in [1.29, 1.82) is 0 Å². The predicted molar refractivity (Wildman–Crippen MR) is 84.2 cm³/mol. The Kier molecular flexibility index (Phi) is 5.62. The molecule has 0 spiro atoms. The quantitative estimate of drug-likeness (QED) is 0.839. The van der Waals surface area contributed by atoms with Gasteiger partial charge in [0.2, 0.25) is 5.91 Å². The number of hydrogen-bond acceptors (Lipinski definition) is 3. The van der Waals surface area contributed by atoms with Gasteiger partial charge in [-0.05, 0) is 37.5 Å². The lowest BCUT2D eigenvalue weighted by molar-refractivity contribution is -0.130. The van der Waals surface area contributed by atoms with E-state index in [1.54, 1.807) is 0 Å². The molecule has 1 heterocycles. The van der Waals surface area contributed by atoms with Gasteiger partial charge in [0.05, 0.1) is 13.2 Å². The Morgan fingerprint density at radius 2 is 2.00 bits per heavy atom. The fraction of sp³-hybridized carbons (Fsp3) is 0.588. The number of hydrogen-bond donors (Lipinski definition) is 1. The number of amides is 1. The molecule has 1 fully saturated rings. The zero-order valence-electron chi connectivity index (χ0n) is 13.3. The number of rotatable bonds is 7. The van der Waals surface area contributed by atoms with Crippen LogP contribution in [0.25, 0.3) is 0 Å². The summed E-state index contributed by atoms with van der Waals surface area (Å²) < 4.78 is 5.48. The third-order valence-corrected chi connectivity index (χ3v) is 4.01. The Labute approximate surface area is 127 Å². The minimum atomic E-state index is -0.00956. The summed E-state index contributed by atoms with van der Waals surface area (Å²) in [5, 5.41) is 3.33. The summed E-state index contributed by atoms with van der Waals surface area (Å²) in [5.74, 6) is 1.08. The first-order chi connectivity index (χ1) is 10.2. The van der Waals surface area contributed by atoms with E-state index in [0.717, 1.165) is 30.6 Å². The van der Waals surface area contributed by atoms with Crippen LogP contribution in [-0.4, -0.2) is 30.0 Å². The molecule has 0 radical (unpaired) electrons. The van der Waals surface area contributed by atoms with Gasteiger partial charge in [0.1, 0.15) is 11.9 Å². The number of carbonyl (C=O) groups excluding carboxylic acids is 1. The average Bonchev–Trinajstić information content (AvgIpc) is 2.88. The molecule has 21 heavy (non-hydrogen) atoms. The number of nitrogens with zero attached hydrogens (tertiary/aromatic N) is 1. The summed E-state index contributed by atoms with van der Waals surface area (Å²) in [4.78, 5) is 14.3. The number of ether oxygens (including phenoxy) is 1. The van der Waals surface area contributed by atoms with Gasteiger partial charge in [-0.3, -0.25) is 10.1 Å². The highest BCUT2D eigenvalue weighted by Crippen LogP contribution is 2.28. The van der Waals surface area contributed by atoms with E-state index in [2.05, 4.69) is 19.2 Å². The largest absolute Gasteiger partial charge is 0.494 e. The van der Waals surface area contributed by atoms with Gasteiger partial charge in [0.15, 0.2) is 0 Å². The fourth-order valence-corrected chi connectivity index (χ4v) is 3.00. The second-order valence-corrected chi connectivity index (χ2v) is 5.44. The van der Waals surface area contributed by atoms with Gasteiger partial charge in [-0.1, -0.05) is 32.4 Å². The lowest BCUT2D eigenvalue weighted by Crippen LogP contribution is -2.39. The average molecular weight is 290 g/mol.